The summed E-state index contributed by atoms with van der Waals surface area (Å²) < 4.78 is 68.4. The van der Waals surface area contributed by atoms with Gasteiger partial charge in [-0.05, 0) is 43.4 Å². The van der Waals surface area contributed by atoms with Gasteiger partial charge < -0.3 is 33.8 Å². The van der Waals surface area contributed by atoms with Crippen LogP contribution in [0.1, 0.15) is 408 Å². The molecule has 0 aromatic heterocycles. The summed E-state index contributed by atoms with van der Waals surface area (Å²) in [6.07, 6.45) is 57.3. The number of ether oxygens (including phenoxy) is 4. The lowest BCUT2D eigenvalue weighted by atomic mass is 9.99. The molecular formula is C79H154O17P2. The molecule has 0 aromatic rings. The predicted molar refractivity (Wildman–Crippen MR) is 400 cm³/mol. The van der Waals surface area contributed by atoms with Crippen molar-refractivity contribution in [1.29, 1.82) is 0 Å². The molecule has 6 atom stereocenters. The molecule has 0 aliphatic carbocycles. The minimum absolute atomic E-state index is 0.103. The first-order valence-electron chi connectivity index (χ1n) is 40.9. The van der Waals surface area contributed by atoms with E-state index in [1.807, 2.05) is 0 Å². The Labute approximate surface area is 600 Å². The molecule has 0 heterocycles. The molecule has 582 valence electrons. The highest BCUT2D eigenvalue weighted by molar-refractivity contribution is 7.47. The average Bonchev–Trinajstić information content (AvgIpc) is 1.09. The molecule has 3 N–H and O–H groups in total. The molecule has 0 radical (unpaired) electrons. The molecule has 0 saturated heterocycles. The van der Waals surface area contributed by atoms with Crippen LogP contribution in [-0.2, 0) is 65.4 Å². The van der Waals surface area contributed by atoms with Crippen molar-refractivity contribution in [2.45, 2.75) is 426 Å². The number of unbranched alkanes of at least 4 members (excludes halogenated alkanes) is 44. The molecule has 0 amide bonds. The summed E-state index contributed by atoms with van der Waals surface area (Å²) in [6, 6.07) is 0. The van der Waals surface area contributed by atoms with Gasteiger partial charge in [0.2, 0.25) is 0 Å². The van der Waals surface area contributed by atoms with Crippen LogP contribution in [0.15, 0.2) is 0 Å². The van der Waals surface area contributed by atoms with Crippen molar-refractivity contribution >= 4 is 39.5 Å². The molecule has 0 rings (SSSR count). The quantitative estimate of drug-likeness (QED) is 0.0222. The van der Waals surface area contributed by atoms with Crippen molar-refractivity contribution in [2.24, 2.45) is 17.8 Å². The van der Waals surface area contributed by atoms with Crippen molar-refractivity contribution in [3.05, 3.63) is 0 Å². The summed E-state index contributed by atoms with van der Waals surface area (Å²) in [6.45, 7) is 11.9. The topological polar surface area (TPSA) is 237 Å². The number of aliphatic hydroxyl groups is 1. The number of aliphatic hydroxyl groups excluding tert-OH is 1. The normalized spacial score (nSPS) is 14.3. The molecule has 98 heavy (non-hydrogen) atoms. The Balaban J connectivity index is 5.14. The van der Waals surface area contributed by atoms with Crippen LogP contribution in [0.3, 0.4) is 0 Å². The lowest BCUT2D eigenvalue weighted by Gasteiger charge is -2.21. The number of phosphoric acid groups is 2. The number of hydrogen-bond donors (Lipinski definition) is 3. The van der Waals surface area contributed by atoms with Gasteiger partial charge in [0, 0.05) is 25.7 Å². The SMILES string of the molecule is CCCCCCCCCC(=O)OC[C@H](COP(=O)(O)OC[C@H](O)COP(=O)(O)OC[C@@H](COC(=O)CCCCCCCCCCCCCCCCCCC(C)C)OC(=O)CCCCCCCCCCCCCCCCCCCCC(C)CC)OC(=O)CCCCCCCCCC(C)C. The van der Waals surface area contributed by atoms with Gasteiger partial charge in [0.1, 0.15) is 19.3 Å². The van der Waals surface area contributed by atoms with Gasteiger partial charge in [-0.25, -0.2) is 9.13 Å². The van der Waals surface area contributed by atoms with Crippen LogP contribution in [0.25, 0.3) is 0 Å². The minimum Gasteiger partial charge on any atom is -0.462 e. The third kappa shape index (κ3) is 71.1. The maximum absolute atomic E-state index is 13.1. The molecule has 0 aliphatic heterocycles. The molecule has 0 aromatic carbocycles. The number of esters is 4. The lowest BCUT2D eigenvalue weighted by molar-refractivity contribution is -0.161. The Morgan fingerprint density at radius 1 is 0.296 bits per heavy atom. The number of carbonyl (C=O) groups excluding carboxylic acids is 4. The summed E-state index contributed by atoms with van der Waals surface area (Å²) in [5.41, 5.74) is 0. The van der Waals surface area contributed by atoms with E-state index >= 15 is 0 Å². The number of hydrogen-bond acceptors (Lipinski definition) is 15. The third-order valence-corrected chi connectivity index (χ3v) is 20.6. The maximum atomic E-state index is 13.1. The standard InChI is InChI=1S/C79H154O17P2/c1-8-10-11-12-36-46-53-60-76(81)89-66-74(96-79(84)63-56-49-42-35-38-44-51-58-71(5)6)68-93-97(85,86)91-64-73(80)65-92-98(87,88)94-69-75(67-90-77(82)61-54-47-40-33-29-25-21-18-17-19-23-27-31-37-43-50-57-70(3)4)95-78(83)62-55-48-41-34-30-26-22-16-14-13-15-20-24-28-32-39-45-52-59-72(7)9-2/h70-75,80H,8-69H2,1-7H3,(H,85,86)(H,87,88)/t72?,73-,74+,75+/m0/s1. The van der Waals surface area contributed by atoms with Crippen molar-refractivity contribution in [3.8, 4) is 0 Å². The minimum atomic E-state index is -4.96. The summed E-state index contributed by atoms with van der Waals surface area (Å²) in [5.74, 6) is 0.258. The van der Waals surface area contributed by atoms with Crippen LogP contribution in [0.4, 0.5) is 0 Å². The van der Waals surface area contributed by atoms with E-state index in [-0.39, 0.29) is 25.7 Å². The second-order valence-electron chi connectivity index (χ2n) is 29.6. The highest BCUT2D eigenvalue weighted by Crippen LogP contribution is 2.45. The first-order chi connectivity index (χ1) is 47.3. The van der Waals surface area contributed by atoms with E-state index in [2.05, 4.69) is 48.5 Å². The molecule has 0 saturated carbocycles. The maximum Gasteiger partial charge on any atom is 0.472 e. The summed E-state index contributed by atoms with van der Waals surface area (Å²) in [5, 5.41) is 10.6. The molecule has 0 fully saturated rings. The highest BCUT2D eigenvalue weighted by Gasteiger charge is 2.30. The largest absolute Gasteiger partial charge is 0.472 e. The van der Waals surface area contributed by atoms with E-state index in [4.69, 9.17) is 37.0 Å². The Morgan fingerprint density at radius 3 is 0.776 bits per heavy atom. The molecular weight excluding hydrogens is 1280 g/mol. The summed E-state index contributed by atoms with van der Waals surface area (Å²) in [7, 11) is -9.91. The summed E-state index contributed by atoms with van der Waals surface area (Å²) in [4.78, 5) is 72.7. The molecule has 0 aliphatic rings. The Bertz CT molecular complexity index is 1910. The first kappa shape index (κ1) is 96.1. The van der Waals surface area contributed by atoms with Gasteiger partial charge in [-0.15, -0.1) is 0 Å². The van der Waals surface area contributed by atoms with E-state index in [1.54, 1.807) is 0 Å². The Kier molecular flexibility index (Phi) is 68.1. The Morgan fingerprint density at radius 2 is 0.520 bits per heavy atom. The fourth-order valence-electron chi connectivity index (χ4n) is 12.1. The van der Waals surface area contributed by atoms with E-state index in [1.165, 1.54) is 205 Å². The zero-order chi connectivity index (χ0) is 72.3. The van der Waals surface area contributed by atoms with Crippen LogP contribution in [0.5, 0.6) is 0 Å². The van der Waals surface area contributed by atoms with Crippen molar-refractivity contribution in [2.75, 3.05) is 39.6 Å². The lowest BCUT2D eigenvalue weighted by Crippen LogP contribution is -2.30. The van der Waals surface area contributed by atoms with Crippen molar-refractivity contribution in [3.63, 3.8) is 0 Å². The van der Waals surface area contributed by atoms with Crippen LogP contribution in [0, 0.1) is 17.8 Å². The second kappa shape index (κ2) is 69.4. The van der Waals surface area contributed by atoms with Gasteiger partial charge in [-0.3, -0.25) is 37.3 Å². The number of rotatable bonds is 77. The smallest absolute Gasteiger partial charge is 0.462 e. The van der Waals surface area contributed by atoms with E-state index in [0.29, 0.717) is 31.6 Å². The van der Waals surface area contributed by atoms with Gasteiger partial charge in [0.25, 0.3) is 0 Å². The van der Waals surface area contributed by atoms with Gasteiger partial charge in [-0.1, -0.05) is 357 Å². The van der Waals surface area contributed by atoms with Crippen molar-refractivity contribution in [1.82, 2.24) is 0 Å². The van der Waals surface area contributed by atoms with Gasteiger partial charge in [-0.2, -0.15) is 0 Å². The molecule has 0 spiro atoms. The third-order valence-electron chi connectivity index (χ3n) is 18.7. The fourth-order valence-corrected chi connectivity index (χ4v) is 13.7. The van der Waals surface area contributed by atoms with E-state index in [0.717, 1.165) is 115 Å². The second-order valence-corrected chi connectivity index (χ2v) is 32.6. The van der Waals surface area contributed by atoms with Crippen molar-refractivity contribution < 1.29 is 80.2 Å². The first-order valence-corrected chi connectivity index (χ1v) is 43.9. The fraction of sp³-hybridized carbons (Fsp3) is 0.949. The predicted octanol–water partition coefficient (Wildman–Crippen LogP) is 23.4. The number of carbonyl (C=O) groups is 4. The number of phosphoric ester groups is 2. The Hall–Kier alpha value is -1.94. The molecule has 17 nitrogen and oxygen atoms in total. The van der Waals surface area contributed by atoms with Crippen LogP contribution >= 0.6 is 15.6 Å². The van der Waals surface area contributed by atoms with E-state index < -0.39 is 97.5 Å². The molecule has 19 heteroatoms. The van der Waals surface area contributed by atoms with Gasteiger partial charge >= 0.3 is 39.5 Å². The molecule has 0 bridgehead atoms. The average molecular weight is 1440 g/mol. The van der Waals surface area contributed by atoms with Crippen LogP contribution in [0.2, 0.25) is 0 Å². The highest BCUT2D eigenvalue weighted by atomic mass is 31.2. The zero-order valence-corrected chi connectivity index (χ0v) is 66.0. The van der Waals surface area contributed by atoms with Crippen LogP contribution < -0.4 is 0 Å². The molecule has 3 unspecified atom stereocenters. The van der Waals surface area contributed by atoms with Crippen LogP contribution in [-0.4, -0.2) is 96.7 Å². The monoisotopic (exact) mass is 1440 g/mol. The van der Waals surface area contributed by atoms with Gasteiger partial charge in [0.15, 0.2) is 12.2 Å². The van der Waals surface area contributed by atoms with Gasteiger partial charge in [0.05, 0.1) is 26.4 Å². The zero-order valence-electron chi connectivity index (χ0n) is 64.3. The summed E-state index contributed by atoms with van der Waals surface area (Å²) >= 11 is 0. The van der Waals surface area contributed by atoms with E-state index in [9.17, 15) is 43.2 Å².